The van der Waals surface area contributed by atoms with Gasteiger partial charge in [-0.05, 0) is 48.8 Å². The molecule has 0 radical (unpaired) electrons. The van der Waals surface area contributed by atoms with E-state index >= 15 is 0 Å². The lowest BCUT2D eigenvalue weighted by atomic mass is 9.74. The Bertz CT molecular complexity index is 826. The van der Waals surface area contributed by atoms with E-state index in [4.69, 9.17) is 4.74 Å². The smallest absolute Gasteiger partial charge is 0.338 e. The first-order valence-corrected chi connectivity index (χ1v) is 11.8. The molecule has 184 valence electrons. The number of carbonyl (C=O) groups is 1. The van der Waals surface area contributed by atoms with Crippen molar-refractivity contribution in [3.8, 4) is 0 Å². The molecule has 0 spiro atoms. The maximum atomic E-state index is 12.7. The molecule has 4 N–H and O–H groups in total. The number of benzene rings is 1. The average Bonchev–Trinajstić information content (AvgIpc) is 2.79. The summed E-state index contributed by atoms with van der Waals surface area (Å²) in [5.74, 6) is -1.14. The first-order chi connectivity index (χ1) is 15.5. The summed E-state index contributed by atoms with van der Waals surface area (Å²) in [5.41, 5.74) is 1.86. The molecular formula is C27H40O6. The second-order valence-corrected chi connectivity index (χ2v) is 9.81. The molecule has 6 heteroatoms. The number of hydrogen-bond donors (Lipinski definition) is 4. The van der Waals surface area contributed by atoms with Crippen LogP contribution < -0.4 is 0 Å². The fourth-order valence-corrected chi connectivity index (χ4v) is 4.26. The number of rotatable bonds is 5. The molecule has 0 amide bonds. The number of carbonyl (C=O) groups excluding carboxylic acids is 1. The minimum atomic E-state index is -1.69. The number of allylic oxidation sites excluding steroid dienone is 1. The number of esters is 1. The summed E-state index contributed by atoms with van der Waals surface area (Å²) in [4.78, 5) is 12.7. The molecular weight excluding hydrogens is 420 g/mol. The highest BCUT2D eigenvalue weighted by Crippen LogP contribution is 2.34. The van der Waals surface area contributed by atoms with E-state index in [9.17, 15) is 25.2 Å². The summed E-state index contributed by atoms with van der Waals surface area (Å²) >= 11 is 0. The maximum Gasteiger partial charge on any atom is 0.338 e. The summed E-state index contributed by atoms with van der Waals surface area (Å²) < 4.78 is 5.68. The molecule has 6 atom stereocenters. The molecule has 0 fully saturated rings. The Morgan fingerprint density at radius 2 is 1.97 bits per heavy atom. The van der Waals surface area contributed by atoms with Gasteiger partial charge in [0.15, 0.2) is 6.10 Å². The molecule has 0 aliphatic carbocycles. The van der Waals surface area contributed by atoms with Crippen LogP contribution in [-0.2, 0) is 21.4 Å². The number of cyclic esters (lactones) is 1. The SMILES string of the molecule is C=C[C@@H]1CC(/C(C)=C\C(CC)CO)OC(=O)[C@@H](O)[C@H](O)Cc2cccc(c2)C(C)(C)[C@@H](O)C1. The van der Waals surface area contributed by atoms with E-state index in [-0.39, 0.29) is 24.9 Å². The number of aliphatic hydroxyl groups is 4. The fraction of sp³-hybridized carbons (Fsp3) is 0.593. The minimum absolute atomic E-state index is 0.0224. The second kappa shape index (κ2) is 11.9. The van der Waals surface area contributed by atoms with Crippen LogP contribution in [0, 0.1) is 11.8 Å². The Morgan fingerprint density at radius 1 is 1.27 bits per heavy atom. The van der Waals surface area contributed by atoms with Crippen molar-refractivity contribution in [3.63, 3.8) is 0 Å². The van der Waals surface area contributed by atoms with Crippen molar-refractivity contribution in [2.75, 3.05) is 6.61 Å². The first-order valence-electron chi connectivity index (χ1n) is 11.8. The summed E-state index contributed by atoms with van der Waals surface area (Å²) in [5, 5.41) is 41.8. The molecule has 1 heterocycles. The Morgan fingerprint density at radius 3 is 2.58 bits per heavy atom. The molecule has 0 saturated heterocycles. The van der Waals surface area contributed by atoms with E-state index in [0.29, 0.717) is 12.8 Å². The highest BCUT2D eigenvalue weighted by molar-refractivity contribution is 5.75. The van der Waals surface area contributed by atoms with Gasteiger partial charge in [-0.1, -0.05) is 57.2 Å². The predicted molar refractivity (Wildman–Crippen MR) is 129 cm³/mol. The monoisotopic (exact) mass is 460 g/mol. The van der Waals surface area contributed by atoms with Crippen molar-refractivity contribution in [2.45, 2.75) is 83.2 Å². The zero-order valence-corrected chi connectivity index (χ0v) is 20.3. The van der Waals surface area contributed by atoms with Gasteiger partial charge >= 0.3 is 5.97 Å². The van der Waals surface area contributed by atoms with Gasteiger partial charge in [0.05, 0.1) is 12.2 Å². The van der Waals surface area contributed by atoms with Crippen LogP contribution in [0.3, 0.4) is 0 Å². The first kappa shape index (κ1) is 27.3. The molecule has 1 aliphatic heterocycles. The molecule has 0 aromatic heterocycles. The highest BCUT2D eigenvalue weighted by atomic mass is 16.6. The van der Waals surface area contributed by atoms with Crippen LogP contribution in [0.15, 0.2) is 48.6 Å². The van der Waals surface area contributed by atoms with E-state index < -0.39 is 35.8 Å². The van der Waals surface area contributed by atoms with Crippen LogP contribution in [0.1, 0.15) is 58.1 Å². The Balaban J connectivity index is 2.47. The second-order valence-electron chi connectivity index (χ2n) is 9.81. The van der Waals surface area contributed by atoms with Crippen molar-refractivity contribution >= 4 is 5.97 Å². The number of ether oxygens (including phenoxy) is 1. The van der Waals surface area contributed by atoms with Gasteiger partial charge in [-0.25, -0.2) is 4.79 Å². The summed E-state index contributed by atoms with van der Waals surface area (Å²) in [7, 11) is 0. The molecule has 2 rings (SSSR count). The molecule has 6 nitrogen and oxygen atoms in total. The maximum absolute atomic E-state index is 12.7. The van der Waals surface area contributed by atoms with Gasteiger partial charge in [-0.2, -0.15) is 0 Å². The van der Waals surface area contributed by atoms with Gasteiger partial charge in [0.25, 0.3) is 0 Å². The van der Waals surface area contributed by atoms with Gasteiger partial charge < -0.3 is 25.2 Å². The zero-order chi connectivity index (χ0) is 24.8. The van der Waals surface area contributed by atoms with E-state index in [1.165, 1.54) is 0 Å². The summed E-state index contributed by atoms with van der Waals surface area (Å²) in [6.07, 6.45) is 0.852. The van der Waals surface area contributed by atoms with Crippen molar-refractivity contribution in [1.82, 2.24) is 0 Å². The van der Waals surface area contributed by atoms with Crippen molar-refractivity contribution in [1.29, 1.82) is 0 Å². The summed E-state index contributed by atoms with van der Waals surface area (Å²) in [6.45, 7) is 11.6. The van der Waals surface area contributed by atoms with E-state index in [2.05, 4.69) is 6.58 Å². The lowest BCUT2D eigenvalue weighted by Gasteiger charge is -2.35. The predicted octanol–water partition coefficient (Wildman–Crippen LogP) is 3.06. The van der Waals surface area contributed by atoms with Gasteiger partial charge in [0.1, 0.15) is 6.10 Å². The Labute approximate surface area is 197 Å². The molecule has 1 aromatic carbocycles. The number of fused-ring (bicyclic) bond motifs is 2. The third-order valence-corrected chi connectivity index (χ3v) is 6.95. The van der Waals surface area contributed by atoms with Gasteiger partial charge in [0, 0.05) is 24.4 Å². The lowest BCUT2D eigenvalue weighted by molar-refractivity contribution is -0.164. The number of aliphatic hydroxyl groups excluding tert-OH is 4. The fourth-order valence-electron chi connectivity index (χ4n) is 4.26. The largest absolute Gasteiger partial charge is 0.456 e. The Hall–Kier alpha value is -1.99. The lowest BCUT2D eigenvalue weighted by Crippen LogP contribution is -2.40. The molecule has 33 heavy (non-hydrogen) atoms. The van der Waals surface area contributed by atoms with Crippen LogP contribution in [0.2, 0.25) is 0 Å². The third kappa shape index (κ3) is 7.00. The number of hydrogen-bond acceptors (Lipinski definition) is 6. The van der Waals surface area contributed by atoms with Gasteiger partial charge in [-0.3, -0.25) is 0 Å². The van der Waals surface area contributed by atoms with Gasteiger partial charge in [-0.15, -0.1) is 6.58 Å². The van der Waals surface area contributed by atoms with Crippen LogP contribution in [0.25, 0.3) is 0 Å². The average molecular weight is 461 g/mol. The van der Waals surface area contributed by atoms with Crippen LogP contribution in [0.4, 0.5) is 0 Å². The summed E-state index contributed by atoms with van der Waals surface area (Å²) in [6, 6.07) is 7.51. The topological polar surface area (TPSA) is 107 Å². The standard InChI is InChI=1S/C27H40O6/c1-6-18-14-23(17(3)11-19(7-2)16-28)33-26(32)25(31)22(29)13-20-9-8-10-21(12-20)27(4,5)24(30)15-18/h6,8-12,18-19,22-25,28-31H,1,7,13-16H2,2-5H3/b17-11-/t18-,19?,22-,23?,24+,25+/m1/s1. The van der Waals surface area contributed by atoms with Crippen LogP contribution >= 0.6 is 0 Å². The normalized spacial score (nSPS) is 30.1. The van der Waals surface area contributed by atoms with E-state index in [0.717, 1.165) is 23.1 Å². The Kier molecular flexibility index (Phi) is 9.85. The minimum Gasteiger partial charge on any atom is -0.456 e. The van der Waals surface area contributed by atoms with Crippen molar-refractivity contribution in [2.24, 2.45) is 11.8 Å². The van der Waals surface area contributed by atoms with E-state index in [1.54, 1.807) is 6.08 Å². The van der Waals surface area contributed by atoms with E-state index in [1.807, 2.05) is 58.0 Å². The molecule has 2 unspecified atom stereocenters. The van der Waals surface area contributed by atoms with Crippen molar-refractivity contribution in [3.05, 3.63) is 59.7 Å². The molecule has 2 bridgehead atoms. The van der Waals surface area contributed by atoms with Crippen LogP contribution in [0.5, 0.6) is 0 Å². The highest BCUT2D eigenvalue weighted by Gasteiger charge is 2.35. The molecule has 0 saturated carbocycles. The quantitative estimate of drug-likeness (QED) is 0.397. The third-order valence-electron chi connectivity index (χ3n) is 6.95. The zero-order valence-electron chi connectivity index (χ0n) is 20.3. The van der Waals surface area contributed by atoms with Gasteiger partial charge in [0.2, 0.25) is 0 Å². The molecule has 1 aliphatic rings. The molecule has 1 aromatic rings. The van der Waals surface area contributed by atoms with Crippen LogP contribution in [-0.4, -0.2) is 57.4 Å². The van der Waals surface area contributed by atoms with Crippen molar-refractivity contribution < 1.29 is 30.0 Å².